The molecular weight excluding hydrogens is 392 g/mol. The minimum Gasteiger partial charge on any atom is -0.299 e. The normalized spacial score (nSPS) is 12.6. The van der Waals surface area contributed by atoms with Crippen LogP contribution >= 0.6 is 0 Å². The van der Waals surface area contributed by atoms with Crippen LogP contribution in [0.1, 0.15) is 45.3 Å². The van der Waals surface area contributed by atoms with Gasteiger partial charge in [-0.2, -0.15) is 0 Å². The highest BCUT2D eigenvalue weighted by Gasteiger charge is 2.32. The summed E-state index contributed by atoms with van der Waals surface area (Å²) in [4.78, 5) is 27.0. The van der Waals surface area contributed by atoms with Crippen LogP contribution in [-0.4, -0.2) is 11.6 Å². The van der Waals surface area contributed by atoms with E-state index in [0.29, 0.717) is 12.0 Å². The Hall–Kier alpha value is -3.78. The van der Waals surface area contributed by atoms with Gasteiger partial charge in [-0.25, -0.2) is 0 Å². The first-order chi connectivity index (χ1) is 15.7. The Morgan fingerprint density at radius 1 is 0.562 bits per heavy atom. The maximum atomic E-state index is 13.7. The molecule has 0 aliphatic carbocycles. The van der Waals surface area contributed by atoms with Gasteiger partial charge in [-0.15, -0.1) is 0 Å². The van der Waals surface area contributed by atoms with E-state index in [0.717, 1.165) is 16.7 Å². The number of Topliss-reactive ketones (excluding diaryl/α,β-unsaturated/α-hetero) is 2. The van der Waals surface area contributed by atoms with Gasteiger partial charge in [-0.05, 0) is 16.7 Å². The second-order valence-corrected chi connectivity index (χ2v) is 8.03. The fraction of sp³-hybridized carbons (Fsp3) is 0.133. The van der Waals surface area contributed by atoms with Crippen molar-refractivity contribution in [2.45, 2.75) is 24.7 Å². The standard InChI is InChI=1S/C30H26O2/c31-28(25-17-9-3-10-18-25)22-27(24-15-7-2-8-16-24)30(26-19-11-4-12-20-26)29(32)21-23-13-5-1-6-14-23/h1-20,27,30H,21-22H2. The Labute approximate surface area is 189 Å². The third kappa shape index (κ3) is 5.28. The molecule has 0 amide bonds. The molecule has 2 atom stereocenters. The van der Waals surface area contributed by atoms with Crippen molar-refractivity contribution in [2.24, 2.45) is 0 Å². The van der Waals surface area contributed by atoms with Gasteiger partial charge < -0.3 is 0 Å². The Balaban J connectivity index is 1.74. The number of ketones is 2. The highest BCUT2D eigenvalue weighted by atomic mass is 16.1. The van der Waals surface area contributed by atoms with Gasteiger partial charge in [-0.3, -0.25) is 9.59 Å². The summed E-state index contributed by atoms with van der Waals surface area (Å²) in [6.45, 7) is 0. The zero-order valence-corrected chi connectivity index (χ0v) is 17.9. The summed E-state index contributed by atoms with van der Waals surface area (Å²) in [6.07, 6.45) is 0.609. The average Bonchev–Trinajstić information content (AvgIpc) is 2.86. The first-order valence-electron chi connectivity index (χ1n) is 11.0. The topological polar surface area (TPSA) is 34.1 Å². The first kappa shape index (κ1) is 21.5. The zero-order chi connectivity index (χ0) is 22.2. The van der Waals surface area contributed by atoms with Gasteiger partial charge >= 0.3 is 0 Å². The Bertz CT molecular complexity index is 1140. The molecule has 4 aromatic rings. The number of rotatable bonds is 9. The van der Waals surface area contributed by atoms with E-state index < -0.39 is 5.92 Å². The lowest BCUT2D eigenvalue weighted by atomic mass is 9.74. The molecule has 0 spiro atoms. The largest absolute Gasteiger partial charge is 0.299 e. The monoisotopic (exact) mass is 418 g/mol. The molecule has 32 heavy (non-hydrogen) atoms. The SMILES string of the molecule is O=C(CC(c1ccccc1)C(C(=O)Cc1ccccc1)c1ccccc1)c1ccccc1. The van der Waals surface area contributed by atoms with E-state index in [9.17, 15) is 9.59 Å². The van der Waals surface area contributed by atoms with E-state index in [4.69, 9.17) is 0 Å². The van der Waals surface area contributed by atoms with E-state index in [-0.39, 0.29) is 23.9 Å². The molecule has 0 bridgehead atoms. The maximum Gasteiger partial charge on any atom is 0.163 e. The van der Waals surface area contributed by atoms with E-state index in [1.165, 1.54) is 0 Å². The van der Waals surface area contributed by atoms with Gasteiger partial charge in [0.25, 0.3) is 0 Å². The number of hydrogen-bond donors (Lipinski definition) is 0. The quantitative estimate of drug-likeness (QED) is 0.286. The fourth-order valence-corrected chi connectivity index (χ4v) is 4.28. The minimum atomic E-state index is -0.411. The molecule has 2 nitrogen and oxygen atoms in total. The molecule has 0 aliphatic rings. The summed E-state index contributed by atoms with van der Waals surface area (Å²) >= 11 is 0. The number of carbonyl (C=O) groups is 2. The highest BCUT2D eigenvalue weighted by molar-refractivity contribution is 5.97. The third-order valence-electron chi connectivity index (χ3n) is 5.86. The second-order valence-electron chi connectivity index (χ2n) is 8.03. The predicted molar refractivity (Wildman–Crippen MR) is 129 cm³/mol. The van der Waals surface area contributed by atoms with Gasteiger partial charge in [0, 0.05) is 24.3 Å². The van der Waals surface area contributed by atoms with Crippen molar-refractivity contribution in [3.05, 3.63) is 144 Å². The van der Waals surface area contributed by atoms with Gasteiger partial charge in [0.15, 0.2) is 5.78 Å². The number of benzene rings is 4. The third-order valence-corrected chi connectivity index (χ3v) is 5.86. The predicted octanol–water partition coefficient (Wildman–Crippen LogP) is 6.64. The molecule has 158 valence electrons. The van der Waals surface area contributed by atoms with Crippen molar-refractivity contribution < 1.29 is 9.59 Å². The summed E-state index contributed by atoms with van der Waals surface area (Å²) in [5.41, 5.74) is 3.62. The summed E-state index contributed by atoms with van der Waals surface area (Å²) in [7, 11) is 0. The zero-order valence-electron chi connectivity index (χ0n) is 17.9. The van der Waals surface area contributed by atoms with Gasteiger partial charge in [0.05, 0.1) is 5.92 Å². The van der Waals surface area contributed by atoms with Gasteiger partial charge in [0.1, 0.15) is 5.78 Å². The molecule has 0 fully saturated rings. The van der Waals surface area contributed by atoms with Crippen LogP contribution in [0.4, 0.5) is 0 Å². The van der Waals surface area contributed by atoms with Crippen molar-refractivity contribution in [2.75, 3.05) is 0 Å². The molecule has 4 aromatic carbocycles. The van der Waals surface area contributed by atoms with E-state index >= 15 is 0 Å². The lowest BCUT2D eigenvalue weighted by molar-refractivity contribution is -0.120. The lowest BCUT2D eigenvalue weighted by Crippen LogP contribution is -2.24. The highest BCUT2D eigenvalue weighted by Crippen LogP contribution is 2.38. The molecule has 0 aromatic heterocycles. The van der Waals surface area contributed by atoms with Crippen LogP contribution in [0.25, 0.3) is 0 Å². The van der Waals surface area contributed by atoms with Crippen molar-refractivity contribution in [3.8, 4) is 0 Å². The number of hydrogen-bond acceptors (Lipinski definition) is 2. The number of carbonyl (C=O) groups excluding carboxylic acids is 2. The molecule has 0 saturated carbocycles. The Morgan fingerprint density at radius 3 is 1.59 bits per heavy atom. The van der Waals surface area contributed by atoms with E-state index in [2.05, 4.69) is 0 Å². The molecule has 0 heterocycles. The van der Waals surface area contributed by atoms with Gasteiger partial charge in [-0.1, -0.05) is 121 Å². The summed E-state index contributed by atoms with van der Waals surface area (Å²) < 4.78 is 0. The average molecular weight is 419 g/mol. The lowest BCUT2D eigenvalue weighted by Gasteiger charge is -2.27. The molecule has 2 heteroatoms. The van der Waals surface area contributed by atoms with Crippen LogP contribution in [0.5, 0.6) is 0 Å². The van der Waals surface area contributed by atoms with Crippen molar-refractivity contribution in [3.63, 3.8) is 0 Å². The molecule has 0 saturated heterocycles. The molecule has 4 rings (SSSR count). The van der Waals surface area contributed by atoms with Crippen LogP contribution < -0.4 is 0 Å². The summed E-state index contributed by atoms with van der Waals surface area (Å²) in [5, 5.41) is 0. The smallest absolute Gasteiger partial charge is 0.163 e. The van der Waals surface area contributed by atoms with E-state index in [1.54, 1.807) is 0 Å². The van der Waals surface area contributed by atoms with E-state index in [1.807, 2.05) is 121 Å². The Kier molecular flexibility index (Phi) is 7.04. The second kappa shape index (κ2) is 10.5. The Morgan fingerprint density at radius 2 is 1.03 bits per heavy atom. The van der Waals surface area contributed by atoms with Crippen LogP contribution in [0.15, 0.2) is 121 Å². The summed E-state index contributed by atoms with van der Waals surface area (Å²) in [5.74, 6) is -0.487. The maximum absolute atomic E-state index is 13.7. The molecule has 2 unspecified atom stereocenters. The van der Waals surface area contributed by atoms with Crippen molar-refractivity contribution in [1.29, 1.82) is 0 Å². The minimum absolute atomic E-state index is 0.0490. The van der Waals surface area contributed by atoms with Crippen LogP contribution in [0.3, 0.4) is 0 Å². The molecule has 0 N–H and O–H groups in total. The molecule has 0 aliphatic heterocycles. The van der Waals surface area contributed by atoms with Crippen LogP contribution in [0.2, 0.25) is 0 Å². The van der Waals surface area contributed by atoms with Crippen molar-refractivity contribution in [1.82, 2.24) is 0 Å². The van der Waals surface area contributed by atoms with Crippen molar-refractivity contribution >= 4 is 11.6 Å². The molecule has 0 radical (unpaired) electrons. The van der Waals surface area contributed by atoms with Crippen LogP contribution in [0, 0.1) is 0 Å². The summed E-state index contributed by atoms with van der Waals surface area (Å²) in [6, 6.07) is 39.0. The van der Waals surface area contributed by atoms with Crippen LogP contribution in [-0.2, 0) is 11.2 Å². The first-order valence-corrected chi connectivity index (χ1v) is 11.0. The van der Waals surface area contributed by atoms with Gasteiger partial charge in [0.2, 0.25) is 0 Å². The fourth-order valence-electron chi connectivity index (χ4n) is 4.28. The molecular formula is C30H26O2.